The smallest absolute Gasteiger partial charge is 0.338 e. The minimum atomic E-state index is -0.706. The van der Waals surface area contributed by atoms with Crippen molar-refractivity contribution < 1.29 is 28.6 Å². The Morgan fingerprint density at radius 2 is 1.50 bits per heavy atom. The van der Waals surface area contributed by atoms with Crippen molar-refractivity contribution in [3.8, 4) is 5.75 Å². The molecule has 0 aromatic heterocycles. The van der Waals surface area contributed by atoms with Crippen LogP contribution in [0.2, 0.25) is 5.02 Å². The molecule has 0 saturated carbocycles. The fourth-order valence-corrected chi connectivity index (χ4v) is 2.25. The second-order valence-corrected chi connectivity index (χ2v) is 5.41. The van der Waals surface area contributed by atoms with Crippen molar-refractivity contribution in [1.29, 1.82) is 0 Å². The molecular weight excluding hydrogens is 360 g/mol. The predicted molar refractivity (Wildman–Crippen MR) is 95.2 cm³/mol. The van der Waals surface area contributed by atoms with Gasteiger partial charge in [-0.3, -0.25) is 0 Å². The maximum absolute atomic E-state index is 12.0. The number of hydrogen-bond donors (Lipinski definition) is 0. The van der Waals surface area contributed by atoms with Gasteiger partial charge in [0.15, 0.2) is 0 Å². The highest BCUT2D eigenvalue weighted by molar-refractivity contribution is 6.32. The first kappa shape index (κ1) is 19.2. The number of methoxy groups -OCH3 is 2. The average molecular weight is 375 g/mol. The molecule has 0 amide bonds. The van der Waals surface area contributed by atoms with Crippen LogP contribution in [0.1, 0.15) is 26.3 Å². The lowest BCUT2D eigenvalue weighted by Gasteiger charge is -2.07. The van der Waals surface area contributed by atoms with E-state index in [1.165, 1.54) is 44.6 Å². The molecule has 0 aliphatic heterocycles. The summed E-state index contributed by atoms with van der Waals surface area (Å²) < 4.78 is 14.4. The van der Waals surface area contributed by atoms with Gasteiger partial charge in [-0.25, -0.2) is 14.4 Å². The van der Waals surface area contributed by atoms with Crippen molar-refractivity contribution in [1.82, 2.24) is 0 Å². The molecule has 26 heavy (non-hydrogen) atoms. The van der Waals surface area contributed by atoms with Gasteiger partial charge in [-0.1, -0.05) is 29.8 Å². The van der Waals surface area contributed by atoms with E-state index in [0.29, 0.717) is 10.6 Å². The second kappa shape index (κ2) is 8.82. The van der Waals surface area contributed by atoms with Gasteiger partial charge < -0.3 is 14.2 Å². The van der Waals surface area contributed by atoms with Gasteiger partial charge in [0, 0.05) is 11.1 Å². The van der Waals surface area contributed by atoms with Crippen LogP contribution in [0.3, 0.4) is 0 Å². The molecule has 0 aliphatic rings. The molecule has 6 nitrogen and oxygen atoms in total. The van der Waals surface area contributed by atoms with Crippen LogP contribution in [-0.2, 0) is 14.3 Å². The quantitative estimate of drug-likeness (QED) is 0.452. The van der Waals surface area contributed by atoms with Gasteiger partial charge >= 0.3 is 17.9 Å². The summed E-state index contributed by atoms with van der Waals surface area (Å²) in [5, 5.41) is 0.484. The molecular formula is C19H15ClO6. The number of benzene rings is 2. The summed E-state index contributed by atoms with van der Waals surface area (Å²) in [7, 11) is 2.40. The molecule has 2 rings (SSSR count). The van der Waals surface area contributed by atoms with E-state index in [9.17, 15) is 14.4 Å². The third kappa shape index (κ3) is 4.94. The number of rotatable bonds is 5. The molecule has 0 fully saturated rings. The lowest BCUT2D eigenvalue weighted by atomic mass is 10.1. The standard InChI is InChI=1S/C19H15ClO6/c1-24-18(22)13-9-14(19(23)25-2)11-15(10-13)26-17(21)8-7-12-5-3-4-6-16(12)20/h3-11H,1-2H3/b8-7+. The van der Waals surface area contributed by atoms with Crippen LogP contribution >= 0.6 is 11.6 Å². The van der Waals surface area contributed by atoms with E-state index in [1.807, 2.05) is 0 Å². The Bertz CT molecular complexity index is 838. The highest BCUT2D eigenvalue weighted by Gasteiger charge is 2.15. The molecule has 0 unspecified atom stereocenters. The molecule has 7 heteroatoms. The van der Waals surface area contributed by atoms with Crippen LogP contribution in [-0.4, -0.2) is 32.1 Å². The maximum Gasteiger partial charge on any atom is 0.338 e. The Balaban J connectivity index is 2.24. The van der Waals surface area contributed by atoms with Crippen molar-refractivity contribution >= 4 is 35.6 Å². The van der Waals surface area contributed by atoms with Gasteiger partial charge in [0.25, 0.3) is 0 Å². The summed E-state index contributed by atoms with van der Waals surface area (Å²) in [5.41, 5.74) is 0.742. The molecule has 0 N–H and O–H groups in total. The van der Waals surface area contributed by atoms with Crippen molar-refractivity contribution in [2.75, 3.05) is 14.2 Å². The first-order valence-electron chi connectivity index (χ1n) is 7.40. The fraction of sp³-hybridized carbons (Fsp3) is 0.105. The topological polar surface area (TPSA) is 78.9 Å². The normalized spacial score (nSPS) is 10.4. The van der Waals surface area contributed by atoms with Crippen LogP contribution in [0, 0.1) is 0 Å². The van der Waals surface area contributed by atoms with Gasteiger partial charge in [-0.15, -0.1) is 0 Å². The Morgan fingerprint density at radius 1 is 0.923 bits per heavy atom. The Hall–Kier alpha value is -3.12. The number of esters is 3. The number of carbonyl (C=O) groups is 3. The van der Waals surface area contributed by atoms with Gasteiger partial charge in [0.2, 0.25) is 0 Å². The maximum atomic E-state index is 12.0. The zero-order valence-corrected chi connectivity index (χ0v) is 14.8. The fourth-order valence-electron chi connectivity index (χ4n) is 2.05. The minimum Gasteiger partial charge on any atom is -0.465 e. The summed E-state index contributed by atoms with van der Waals surface area (Å²) >= 11 is 6.00. The number of hydrogen-bond acceptors (Lipinski definition) is 6. The number of ether oxygens (including phenoxy) is 3. The molecule has 0 spiro atoms. The predicted octanol–water partition coefficient (Wildman–Crippen LogP) is 3.53. The SMILES string of the molecule is COC(=O)c1cc(OC(=O)/C=C/c2ccccc2Cl)cc(C(=O)OC)c1. The van der Waals surface area contributed by atoms with E-state index in [1.54, 1.807) is 24.3 Å². The second-order valence-electron chi connectivity index (χ2n) is 5.01. The monoisotopic (exact) mass is 374 g/mol. The van der Waals surface area contributed by atoms with Crippen LogP contribution in [0.15, 0.2) is 48.5 Å². The van der Waals surface area contributed by atoms with E-state index in [4.69, 9.17) is 16.3 Å². The lowest BCUT2D eigenvalue weighted by molar-refractivity contribution is -0.128. The van der Waals surface area contributed by atoms with E-state index in [2.05, 4.69) is 9.47 Å². The van der Waals surface area contributed by atoms with Crippen molar-refractivity contribution in [3.05, 3.63) is 70.3 Å². The third-order valence-corrected chi connectivity index (χ3v) is 3.62. The van der Waals surface area contributed by atoms with Crippen molar-refractivity contribution in [3.63, 3.8) is 0 Å². The van der Waals surface area contributed by atoms with Crippen LogP contribution in [0.5, 0.6) is 5.75 Å². The molecule has 0 heterocycles. The van der Waals surface area contributed by atoms with Crippen LogP contribution in [0.25, 0.3) is 6.08 Å². The molecule has 2 aromatic carbocycles. The lowest BCUT2D eigenvalue weighted by Crippen LogP contribution is -2.09. The van der Waals surface area contributed by atoms with E-state index >= 15 is 0 Å². The van der Waals surface area contributed by atoms with Crippen molar-refractivity contribution in [2.24, 2.45) is 0 Å². The minimum absolute atomic E-state index is 0.00195. The first-order valence-corrected chi connectivity index (χ1v) is 7.78. The third-order valence-electron chi connectivity index (χ3n) is 3.27. The van der Waals surface area contributed by atoms with Crippen LogP contribution < -0.4 is 4.74 Å². The zero-order valence-electron chi connectivity index (χ0n) is 14.0. The molecule has 0 bridgehead atoms. The van der Waals surface area contributed by atoms with E-state index in [-0.39, 0.29) is 16.9 Å². The molecule has 2 aromatic rings. The highest BCUT2D eigenvalue weighted by atomic mass is 35.5. The van der Waals surface area contributed by atoms with Crippen LogP contribution in [0.4, 0.5) is 0 Å². The Morgan fingerprint density at radius 3 is 2.04 bits per heavy atom. The van der Waals surface area contributed by atoms with Gasteiger partial charge in [-0.2, -0.15) is 0 Å². The summed E-state index contributed by atoms with van der Waals surface area (Å²) in [6.45, 7) is 0. The molecule has 0 atom stereocenters. The van der Waals surface area contributed by atoms with E-state index < -0.39 is 17.9 Å². The van der Waals surface area contributed by atoms with Gasteiger partial charge in [0.05, 0.1) is 25.3 Å². The average Bonchev–Trinajstić information content (AvgIpc) is 2.65. The first-order chi connectivity index (χ1) is 12.4. The Kier molecular flexibility index (Phi) is 6.52. The largest absolute Gasteiger partial charge is 0.465 e. The Labute approximate surface area is 154 Å². The molecule has 0 radical (unpaired) electrons. The molecule has 0 saturated heterocycles. The summed E-state index contributed by atoms with van der Waals surface area (Å²) in [6.07, 6.45) is 2.68. The highest BCUT2D eigenvalue weighted by Crippen LogP contribution is 2.20. The van der Waals surface area contributed by atoms with Gasteiger partial charge in [0.1, 0.15) is 5.75 Å². The van der Waals surface area contributed by atoms with Gasteiger partial charge in [-0.05, 0) is 35.9 Å². The summed E-state index contributed by atoms with van der Waals surface area (Å²) in [5.74, 6) is -2.07. The number of halogens is 1. The van der Waals surface area contributed by atoms with Crippen molar-refractivity contribution in [2.45, 2.75) is 0 Å². The summed E-state index contributed by atoms with van der Waals surface area (Å²) in [6, 6.07) is 10.8. The summed E-state index contributed by atoms with van der Waals surface area (Å²) in [4.78, 5) is 35.5. The zero-order chi connectivity index (χ0) is 19.1. The van der Waals surface area contributed by atoms with E-state index in [0.717, 1.165) is 0 Å². The molecule has 0 aliphatic carbocycles. The molecule has 134 valence electrons. The number of carbonyl (C=O) groups excluding carboxylic acids is 3.